The molecule has 0 aliphatic rings. The molecule has 0 radical (unpaired) electrons. The Balaban J connectivity index is 4.01. The second kappa shape index (κ2) is 7.84. The molecule has 0 aromatic rings. The van der Waals surface area contributed by atoms with E-state index in [-0.39, 0.29) is 5.91 Å². The van der Waals surface area contributed by atoms with Gasteiger partial charge < -0.3 is 10.0 Å². The van der Waals surface area contributed by atoms with Crippen molar-refractivity contribution in [2.24, 2.45) is 0 Å². The number of hydrogen-bond acceptors (Lipinski definition) is 4. The molecule has 16 heavy (non-hydrogen) atoms. The predicted octanol–water partition coefficient (Wildman–Crippen LogP) is 2.10. The van der Waals surface area contributed by atoms with E-state index in [0.29, 0.717) is 11.7 Å². The number of carbonyl (C=O) groups is 2. The van der Waals surface area contributed by atoms with Crippen molar-refractivity contribution < 1.29 is 14.7 Å². The van der Waals surface area contributed by atoms with E-state index in [1.54, 1.807) is 21.6 Å². The van der Waals surface area contributed by atoms with Crippen LogP contribution in [-0.4, -0.2) is 46.5 Å². The summed E-state index contributed by atoms with van der Waals surface area (Å²) in [6.07, 6.45) is 3.19. The highest BCUT2D eigenvalue weighted by atomic mass is 33.1. The minimum atomic E-state index is -0.970. The summed E-state index contributed by atoms with van der Waals surface area (Å²) in [7, 11) is 4.94. The molecule has 0 aromatic heterocycles. The van der Waals surface area contributed by atoms with Crippen molar-refractivity contribution >= 4 is 33.5 Å². The molecule has 4 nitrogen and oxygen atoms in total. The van der Waals surface area contributed by atoms with E-state index in [0.717, 1.165) is 6.42 Å². The van der Waals surface area contributed by atoms with Crippen molar-refractivity contribution in [1.82, 2.24) is 4.90 Å². The SMILES string of the molecule is CSS[C@H](C)CCC(=O)N(C)[C@H](C)C(=O)O. The summed E-state index contributed by atoms with van der Waals surface area (Å²) >= 11 is 0. The number of carboxylic acid groups (broad SMARTS) is 1. The lowest BCUT2D eigenvalue weighted by atomic mass is 10.2. The quantitative estimate of drug-likeness (QED) is 0.714. The van der Waals surface area contributed by atoms with E-state index in [4.69, 9.17) is 5.11 Å². The third-order valence-electron chi connectivity index (χ3n) is 2.36. The summed E-state index contributed by atoms with van der Waals surface area (Å²) in [5, 5.41) is 9.17. The normalized spacial score (nSPS) is 14.2. The second-order valence-corrected chi connectivity index (χ2v) is 6.54. The smallest absolute Gasteiger partial charge is 0.326 e. The van der Waals surface area contributed by atoms with Crippen LogP contribution in [0.4, 0.5) is 0 Å². The van der Waals surface area contributed by atoms with E-state index in [1.165, 1.54) is 18.9 Å². The van der Waals surface area contributed by atoms with Crippen molar-refractivity contribution in [3.05, 3.63) is 0 Å². The van der Waals surface area contributed by atoms with Crippen LogP contribution in [-0.2, 0) is 9.59 Å². The van der Waals surface area contributed by atoms with Gasteiger partial charge in [0.15, 0.2) is 0 Å². The van der Waals surface area contributed by atoms with Gasteiger partial charge in [0.05, 0.1) is 0 Å². The monoisotopic (exact) mass is 265 g/mol. The first-order valence-electron chi connectivity index (χ1n) is 5.08. The van der Waals surface area contributed by atoms with Gasteiger partial charge >= 0.3 is 5.97 Å². The number of amides is 1. The van der Waals surface area contributed by atoms with Crippen molar-refractivity contribution in [1.29, 1.82) is 0 Å². The van der Waals surface area contributed by atoms with E-state index in [1.807, 2.05) is 6.26 Å². The number of carbonyl (C=O) groups excluding carboxylic acids is 1. The first-order valence-corrected chi connectivity index (χ1v) is 7.70. The highest BCUT2D eigenvalue weighted by Gasteiger charge is 2.21. The largest absolute Gasteiger partial charge is 0.480 e. The molecule has 0 aliphatic carbocycles. The molecule has 0 heterocycles. The van der Waals surface area contributed by atoms with Crippen LogP contribution < -0.4 is 0 Å². The maximum atomic E-state index is 11.6. The van der Waals surface area contributed by atoms with Gasteiger partial charge in [0.25, 0.3) is 0 Å². The van der Waals surface area contributed by atoms with Gasteiger partial charge in [-0.1, -0.05) is 28.5 Å². The molecule has 0 saturated heterocycles. The minimum absolute atomic E-state index is 0.108. The molecule has 1 N–H and O–H groups in total. The van der Waals surface area contributed by atoms with Gasteiger partial charge in [-0.2, -0.15) is 0 Å². The fourth-order valence-electron chi connectivity index (χ4n) is 1.10. The number of aliphatic carboxylic acids is 1. The Morgan fingerprint density at radius 2 is 1.94 bits per heavy atom. The molecule has 0 fully saturated rings. The number of likely N-dealkylation sites (N-methyl/N-ethyl adjacent to an activating group) is 1. The Morgan fingerprint density at radius 1 is 1.38 bits per heavy atom. The van der Waals surface area contributed by atoms with Crippen LogP contribution >= 0.6 is 21.6 Å². The van der Waals surface area contributed by atoms with Gasteiger partial charge in [0.2, 0.25) is 5.91 Å². The maximum absolute atomic E-state index is 11.6. The molecule has 0 bridgehead atoms. The third-order valence-corrected chi connectivity index (χ3v) is 4.68. The highest BCUT2D eigenvalue weighted by Crippen LogP contribution is 2.26. The maximum Gasteiger partial charge on any atom is 0.326 e. The highest BCUT2D eigenvalue weighted by molar-refractivity contribution is 8.76. The molecule has 2 atom stereocenters. The fraction of sp³-hybridized carbons (Fsp3) is 0.800. The fourth-order valence-corrected chi connectivity index (χ4v) is 2.91. The van der Waals surface area contributed by atoms with Gasteiger partial charge in [0.1, 0.15) is 6.04 Å². The van der Waals surface area contributed by atoms with Crippen LogP contribution in [0, 0.1) is 0 Å². The third kappa shape index (κ3) is 5.65. The number of rotatable bonds is 7. The zero-order chi connectivity index (χ0) is 12.7. The van der Waals surface area contributed by atoms with Gasteiger partial charge in [-0.15, -0.1) is 0 Å². The second-order valence-electron chi connectivity index (χ2n) is 3.63. The van der Waals surface area contributed by atoms with E-state index in [2.05, 4.69) is 6.92 Å². The number of hydrogen-bond donors (Lipinski definition) is 1. The Bertz CT molecular complexity index is 248. The Hall–Kier alpha value is -0.360. The van der Waals surface area contributed by atoms with Crippen LogP contribution in [0.1, 0.15) is 26.7 Å². The minimum Gasteiger partial charge on any atom is -0.480 e. The Morgan fingerprint density at radius 3 is 2.38 bits per heavy atom. The molecular weight excluding hydrogens is 246 g/mol. The van der Waals surface area contributed by atoms with Crippen LogP contribution in [0.15, 0.2) is 0 Å². The standard InChI is InChI=1S/C10H19NO3S2/c1-7(16-15-4)5-6-9(12)11(3)8(2)10(13)14/h7-8H,5-6H2,1-4H3,(H,13,14)/t7-,8-/m1/s1. The lowest BCUT2D eigenvalue weighted by Crippen LogP contribution is -2.40. The zero-order valence-electron chi connectivity index (χ0n) is 10.1. The van der Waals surface area contributed by atoms with E-state index >= 15 is 0 Å². The van der Waals surface area contributed by atoms with Crippen molar-refractivity contribution in [3.8, 4) is 0 Å². The summed E-state index contributed by atoms with van der Waals surface area (Å²) in [5.74, 6) is -1.08. The molecule has 0 aliphatic heterocycles. The molecule has 0 rings (SSSR count). The molecule has 0 aromatic carbocycles. The first-order chi connectivity index (χ1) is 7.40. The van der Waals surface area contributed by atoms with Gasteiger partial charge in [-0.05, 0) is 19.6 Å². The molecule has 1 amide bonds. The lowest BCUT2D eigenvalue weighted by Gasteiger charge is -2.22. The predicted molar refractivity (Wildman–Crippen MR) is 69.7 cm³/mol. The van der Waals surface area contributed by atoms with E-state index < -0.39 is 12.0 Å². The summed E-state index contributed by atoms with van der Waals surface area (Å²) in [6.45, 7) is 3.58. The number of nitrogens with zero attached hydrogens (tertiary/aromatic N) is 1. The summed E-state index contributed by atoms with van der Waals surface area (Å²) < 4.78 is 0. The van der Waals surface area contributed by atoms with Crippen molar-refractivity contribution in [3.63, 3.8) is 0 Å². The van der Waals surface area contributed by atoms with Gasteiger partial charge in [-0.25, -0.2) is 4.79 Å². The molecule has 94 valence electrons. The topological polar surface area (TPSA) is 57.6 Å². The summed E-state index contributed by atoms with van der Waals surface area (Å²) in [5.41, 5.74) is 0. The number of carboxylic acids is 1. The van der Waals surface area contributed by atoms with Crippen LogP contribution in [0.3, 0.4) is 0 Å². The average Bonchev–Trinajstić information content (AvgIpc) is 2.24. The molecule has 0 spiro atoms. The van der Waals surface area contributed by atoms with Crippen LogP contribution in [0.25, 0.3) is 0 Å². The molecular formula is C10H19NO3S2. The van der Waals surface area contributed by atoms with Crippen molar-refractivity contribution in [2.75, 3.05) is 13.3 Å². The Labute approximate surface area is 105 Å². The van der Waals surface area contributed by atoms with Crippen LogP contribution in [0.5, 0.6) is 0 Å². The average molecular weight is 265 g/mol. The lowest BCUT2D eigenvalue weighted by molar-refractivity contribution is -0.148. The zero-order valence-corrected chi connectivity index (χ0v) is 11.7. The van der Waals surface area contributed by atoms with Crippen molar-refractivity contribution in [2.45, 2.75) is 38.0 Å². The van der Waals surface area contributed by atoms with Gasteiger partial charge in [0, 0.05) is 18.7 Å². The van der Waals surface area contributed by atoms with Crippen LogP contribution in [0.2, 0.25) is 0 Å². The Kier molecular flexibility index (Phi) is 7.66. The van der Waals surface area contributed by atoms with E-state index in [9.17, 15) is 9.59 Å². The summed E-state index contributed by atoms with van der Waals surface area (Å²) in [6, 6.07) is -0.754. The van der Waals surface area contributed by atoms with Gasteiger partial charge in [-0.3, -0.25) is 4.79 Å². The first kappa shape index (κ1) is 15.6. The summed E-state index contributed by atoms with van der Waals surface area (Å²) in [4.78, 5) is 23.6. The molecule has 0 saturated carbocycles. The molecule has 0 unspecified atom stereocenters. The molecule has 6 heteroatoms.